The molecule has 2 aromatic heterocycles. The van der Waals surface area contributed by atoms with Crippen LogP contribution in [0.5, 0.6) is 0 Å². The number of halogens is 6. The van der Waals surface area contributed by atoms with E-state index in [1.54, 1.807) is 11.3 Å². The number of rotatable bonds is 2. The quantitative estimate of drug-likeness (QED) is 0.569. The van der Waals surface area contributed by atoms with E-state index in [0.29, 0.717) is 0 Å². The number of imidazole rings is 1. The van der Waals surface area contributed by atoms with Gasteiger partial charge < -0.3 is 14.8 Å². The number of carboxylic acids is 2. The molecule has 4 heterocycles. The van der Waals surface area contributed by atoms with Gasteiger partial charge in [0.25, 0.3) is 0 Å². The van der Waals surface area contributed by atoms with Gasteiger partial charge in [-0.1, -0.05) is 0 Å². The van der Waals surface area contributed by atoms with Crippen LogP contribution in [0.3, 0.4) is 0 Å². The van der Waals surface area contributed by atoms with Crippen molar-refractivity contribution < 1.29 is 46.1 Å². The largest absolute Gasteiger partial charge is 0.490 e. The number of aromatic nitrogens is 3. The van der Waals surface area contributed by atoms with Crippen LogP contribution < -0.4 is 0 Å². The Labute approximate surface area is 199 Å². The first kappa shape index (κ1) is 28.5. The zero-order valence-electron chi connectivity index (χ0n) is 18.4. The van der Waals surface area contributed by atoms with Crippen molar-refractivity contribution in [1.82, 2.24) is 24.3 Å². The Morgan fingerprint density at radius 1 is 1.11 bits per heavy atom. The Kier molecular flexibility index (Phi) is 9.24. The molecular formula is C19H23F6N5O4S. The maximum absolute atomic E-state index is 10.6. The van der Waals surface area contributed by atoms with E-state index in [4.69, 9.17) is 19.8 Å². The first-order valence-electron chi connectivity index (χ1n) is 10.1. The van der Waals surface area contributed by atoms with E-state index in [1.807, 2.05) is 18.7 Å². The lowest BCUT2D eigenvalue weighted by atomic mass is 9.86. The summed E-state index contributed by atoms with van der Waals surface area (Å²) in [6, 6.07) is 0. The van der Waals surface area contributed by atoms with Crippen LogP contribution >= 0.6 is 11.3 Å². The normalized spacial score (nSPS) is 20.8. The average molecular weight is 531 g/mol. The second-order valence-corrected chi connectivity index (χ2v) is 8.98. The van der Waals surface area contributed by atoms with Crippen LogP contribution in [0.25, 0.3) is 0 Å². The summed E-state index contributed by atoms with van der Waals surface area (Å²) in [5, 5.41) is 17.5. The summed E-state index contributed by atoms with van der Waals surface area (Å²) >= 11 is 1.76. The van der Waals surface area contributed by atoms with Gasteiger partial charge in [0.1, 0.15) is 5.01 Å². The van der Waals surface area contributed by atoms with Crippen LogP contribution in [0.4, 0.5) is 26.3 Å². The molecule has 35 heavy (non-hydrogen) atoms. The molecule has 1 unspecified atom stereocenters. The van der Waals surface area contributed by atoms with Gasteiger partial charge in [-0.2, -0.15) is 26.3 Å². The van der Waals surface area contributed by atoms with E-state index in [9.17, 15) is 26.3 Å². The number of likely N-dealkylation sites (tertiary alicyclic amines) is 1. The number of aliphatic carboxylic acids is 2. The lowest BCUT2D eigenvalue weighted by molar-refractivity contribution is -0.193. The van der Waals surface area contributed by atoms with Crippen molar-refractivity contribution in [2.75, 3.05) is 26.7 Å². The van der Waals surface area contributed by atoms with Gasteiger partial charge in [-0.25, -0.2) is 19.6 Å². The van der Waals surface area contributed by atoms with Crippen LogP contribution in [-0.2, 0) is 28.2 Å². The fraction of sp³-hybridized carbons (Fsp3) is 0.579. The molecule has 196 valence electrons. The van der Waals surface area contributed by atoms with E-state index < -0.39 is 24.3 Å². The number of piperidine rings is 1. The molecule has 0 aliphatic carbocycles. The molecular weight excluding hydrogens is 508 g/mol. The molecule has 1 atom stereocenters. The van der Waals surface area contributed by atoms with Gasteiger partial charge in [0, 0.05) is 37.4 Å². The summed E-state index contributed by atoms with van der Waals surface area (Å²) in [7, 11) is 2.22. The van der Waals surface area contributed by atoms with Gasteiger partial charge in [-0.3, -0.25) is 9.80 Å². The zero-order valence-corrected chi connectivity index (χ0v) is 19.2. The summed E-state index contributed by atoms with van der Waals surface area (Å²) in [5.41, 5.74) is 1.54. The Bertz CT molecular complexity index is 957. The average Bonchev–Trinajstić information content (AvgIpc) is 3.40. The van der Waals surface area contributed by atoms with Crippen molar-refractivity contribution in [3.63, 3.8) is 0 Å². The Morgan fingerprint density at radius 2 is 1.71 bits per heavy atom. The molecule has 0 saturated carbocycles. The van der Waals surface area contributed by atoms with Gasteiger partial charge in [0.05, 0.1) is 24.1 Å². The van der Waals surface area contributed by atoms with Crippen molar-refractivity contribution in [1.29, 1.82) is 0 Å². The fourth-order valence-electron chi connectivity index (χ4n) is 3.97. The van der Waals surface area contributed by atoms with Gasteiger partial charge in [-0.15, -0.1) is 11.3 Å². The minimum atomic E-state index is -5.08. The molecule has 2 N–H and O–H groups in total. The van der Waals surface area contributed by atoms with E-state index >= 15 is 0 Å². The van der Waals surface area contributed by atoms with Crippen LogP contribution in [0.1, 0.15) is 23.5 Å². The van der Waals surface area contributed by atoms with E-state index in [0.717, 1.165) is 26.2 Å². The SMILES string of the molecule is CN1Cc2cncn2C2(CCCN(Cc3nccs3)C2)C1.O=C(O)C(F)(F)F.O=C(O)C(F)(F)F. The second-order valence-electron chi connectivity index (χ2n) is 8.00. The number of hydrogen-bond acceptors (Lipinski definition) is 7. The van der Waals surface area contributed by atoms with Crippen molar-refractivity contribution in [3.05, 3.63) is 34.8 Å². The van der Waals surface area contributed by atoms with Crippen molar-refractivity contribution in [3.8, 4) is 0 Å². The minimum absolute atomic E-state index is 0.189. The van der Waals surface area contributed by atoms with Crippen LogP contribution in [0.2, 0.25) is 0 Å². The molecule has 0 radical (unpaired) electrons. The minimum Gasteiger partial charge on any atom is -0.475 e. The summed E-state index contributed by atoms with van der Waals surface area (Å²) < 4.78 is 65.9. The molecule has 16 heteroatoms. The van der Waals surface area contributed by atoms with Gasteiger partial charge in [-0.05, 0) is 26.4 Å². The van der Waals surface area contributed by atoms with Crippen LogP contribution in [0, 0.1) is 0 Å². The third-order valence-corrected chi connectivity index (χ3v) is 5.95. The Balaban J connectivity index is 0.000000257. The van der Waals surface area contributed by atoms with Crippen LogP contribution in [-0.4, -0.2) is 85.5 Å². The number of carboxylic acid groups (broad SMARTS) is 2. The summed E-state index contributed by atoms with van der Waals surface area (Å²) in [6.45, 7) is 5.38. The monoisotopic (exact) mass is 531 g/mol. The standard InChI is InChI=1S/C15H21N5S.2C2HF3O2/c1-18-8-13-7-16-12-20(13)15(10-18)3-2-5-19(11-15)9-14-17-4-6-21-14;2*3-2(4,5)1(6)7/h4,6-7,12H,2-3,5,8-11H2,1H3;2*(H,6,7). The molecule has 0 aromatic carbocycles. The molecule has 9 nitrogen and oxygen atoms in total. The number of thiazole rings is 1. The highest BCUT2D eigenvalue weighted by molar-refractivity contribution is 7.09. The first-order valence-corrected chi connectivity index (χ1v) is 10.9. The highest BCUT2D eigenvalue weighted by Crippen LogP contribution is 2.35. The molecule has 2 aliphatic rings. The number of carbonyl (C=O) groups is 2. The lowest BCUT2D eigenvalue weighted by Gasteiger charge is -2.48. The predicted octanol–water partition coefficient (Wildman–Crippen LogP) is 3.04. The summed E-state index contributed by atoms with van der Waals surface area (Å²) in [5.74, 6) is -5.51. The Hall–Kier alpha value is -2.72. The molecule has 1 saturated heterocycles. The molecule has 2 aliphatic heterocycles. The number of nitrogens with zero attached hydrogens (tertiary/aromatic N) is 5. The van der Waals surface area contributed by atoms with Crippen molar-refractivity contribution >= 4 is 23.3 Å². The van der Waals surface area contributed by atoms with E-state index in [-0.39, 0.29) is 5.54 Å². The van der Waals surface area contributed by atoms with E-state index in [2.05, 4.69) is 36.8 Å². The number of hydrogen-bond donors (Lipinski definition) is 2. The second kappa shape index (κ2) is 11.3. The van der Waals surface area contributed by atoms with Crippen molar-refractivity contribution in [2.45, 2.75) is 43.8 Å². The van der Waals surface area contributed by atoms with E-state index in [1.165, 1.54) is 30.1 Å². The highest BCUT2D eigenvalue weighted by Gasteiger charge is 2.42. The first-order chi connectivity index (χ1) is 16.1. The fourth-order valence-corrected chi connectivity index (χ4v) is 4.62. The van der Waals surface area contributed by atoms with Gasteiger partial charge in [0.15, 0.2) is 0 Å². The van der Waals surface area contributed by atoms with Gasteiger partial charge >= 0.3 is 24.3 Å². The molecule has 1 fully saturated rings. The number of fused-ring (bicyclic) bond motifs is 2. The number of alkyl halides is 6. The maximum atomic E-state index is 10.6. The molecule has 4 rings (SSSR count). The third kappa shape index (κ3) is 8.17. The topological polar surface area (TPSA) is 112 Å². The maximum Gasteiger partial charge on any atom is 0.490 e. The van der Waals surface area contributed by atoms with Crippen molar-refractivity contribution in [2.24, 2.45) is 0 Å². The number of likely N-dealkylation sites (N-methyl/N-ethyl adjacent to an activating group) is 1. The molecule has 0 bridgehead atoms. The highest BCUT2D eigenvalue weighted by atomic mass is 32.1. The predicted molar refractivity (Wildman–Crippen MR) is 111 cm³/mol. The third-order valence-electron chi connectivity index (χ3n) is 5.18. The summed E-state index contributed by atoms with van der Waals surface area (Å²) in [6.07, 6.45) is -1.71. The smallest absolute Gasteiger partial charge is 0.475 e. The van der Waals surface area contributed by atoms with Crippen LogP contribution in [0.15, 0.2) is 24.1 Å². The molecule has 2 aromatic rings. The molecule has 1 spiro atoms. The van der Waals surface area contributed by atoms with Gasteiger partial charge in [0.2, 0.25) is 0 Å². The lowest BCUT2D eigenvalue weighted by Crippen LogP contribution is -2.57. The Morgan fingerprint density at radius 3 is 2.23 bits per heavy atom. The summed E-state index contributed by atoms with van der Waals surface area (Å²) in [4.78, 5) is 31.6. The zero-order chi connectivity index (χ0) is 26.4. The molecule has 0 amide bonds.